The van der Waals surface area contributed by atoms with Crippen molar-refractivity contribution in [3.8, 4) is 0 Å². The van der Waals surface area contributed by atoms with Crippen LogP contribution in [0.1, 0.15) is 23.6 Å². The first-order chi connectivity index (χ1) is 6.15. The van der Waals surface area contributed by atoms with E-state index >= 15 is 0 Å². The number of aryl methyl sites for hydroxylation is 2. The molecule has 0 nitrogen and oxygen atoms in total. The summed E-state index contributed by atoms with van der Waals surface area (Å²) in [6.45, 7) is 10.0. The Hall–Kier alpha value is -1.26. The van der Waals surface area contributed by atoms with Crippen LogP contribution >= 0.6 is 0 Å². The standard InChI is InChI=1S/C13H16/c1-5-10(2)9-13-11(3)7-6-8-12(13)4/h6-8H,1,9H2,2-4H3. The molecule has 1 rings (SSSR count). The highest BCUT2D eigenvalue weighted by molar-refractivity contribution is 5.36. The van der Waals surface area contributed by atoms with Crippen LogP contribution in [0.25, 0.3) is 0 Å². The highest BCUT2D eigenvalue weighted by atomic mass is 14.1. The Balaban J connectivity index is 3.07. The topological polar surface area (TPSA) is 0 Å². The Morgan fingerprint density at radius 1 is 1.31 bits per heavy atom. The fourth-order valence-electron chi connectivity index (χ4n) is 1.46. The largest absolute Gasteiger partial charge is 0.130 e. The van der Waals surface area contributed by atoms with Crippen LogP contribution in [0, 0.1) is 13.8 Å². The van der Waals surface area contributed by atoms with Crippen LogP contribution in [0.5, 0.6) is 0 Å². The van der Waals surface area contributed by atoms with Gasteiger partial charge in [0.15, 0.2) is 0 Å². The minimum atomic E-state index is 0.974. The number of rotatable bonds is 2. The molecule has 0 saturated heterocycles. The van der Waals surface area contributed by atoms with Crippen molar-refractivity contribution in [3.05, 3.63) is 52.8 Å². The fourth-order valence-corrected chi connectivity index (χ4v) is 1.46. The fraction of sp³-hybridized carbons (Fsp3) is 0.308. The van der Waals surface area contributed by atoms with E-state index in [1.807, 2.05) is 0 Å². The molecule has 0 aliphatic carbocycles. The summed E-state index contributed by atoms with van der Waals surface area (Å²) in [5.41, 5.74) is 8.27. The summed E-state index contributed by atoms with van der Waals surface area (Å²) in [6.07, 6.45) is 0.974. The summed E-state index contributed by atoms with van der Waals surface area (Å²) in [5, 5.41) is 0. The molecule has 0 aliphatic rings. The van der Waals surface area contributed by atoms with Crippen LogP contribution in [0.15, 0.2) is 36.1 Å². The predicted octanol–water partition coefficient (Wildman–Crippen LogP) is 3.58. The Morgan fingerprint density at radius 3 is 2.31 bits per heavy atom. The van der Waals surface area contributed by atoms with Crippen molar-refractivity contribution in [2.45, 2.75) is 27.2 Å². The number of hydrogen-bond acceptors (Lipinski definition) is 0. The van der Waals surface area contributed by atoms with Gasteiger partial charge in [0, 0.05) is 6.42 Å². The van der Waals surface area contributed by atoms with Gasteiger partial charge in [0.25, 0.3) is 0 Å². The molecule has 68 valence electrons. The van der Waals surface area contributed by atoms with Gasteiger partial charge in [0.05, 0.1) is 0 Å². The Labute approximate surface area is 80.6 Å². The molecule has 0 aliphatic heterocycles. The molecule has 0 bridgehead atoms. The van der Waals surface area contributed by atoms with E-state index in [4.69, 9.17) is 0 Å². The lowest BCUT2D eigenvalue weighted by Crippen LogP contribution is -1.93. The van der Waals surface area contributed by atoms with E-state index in [1.54, 1.807) is 0 Å². The van der Waals surface area contributed by atoms with E-state index in [9.17, 15) is 0 Å². The third-order valence-corrected chi connectivity index (χ3v) is 2.39. The van der Waals surface area contributed by atoms with Crippen LogP contribution in [-0.4, -0.2) is 0 Å². The lowest BCUT2D eigenvalue weighted by Gasteiger charge is -2.08. The zero-order valence-electron chi connectivity index (χ0n) is 8.65. The molecule has 0 fully saturated rings. The average Bonchev–Trinajstić information content (AvgIpc) is 2.11. The van der Waals surface area contributed by atoms with Crippen molar-refractivity contribution in [3.63, 3.8) is 0 Å². The second kappa shape index (κ2) is 4.11. The number of hydrogen-bond donors (Lipinski definition) is 0. The van der Waals surface area contributed by atoms with Gasteiger partial charge in [-0.25, -0.2) is 0 Å². The van der Waals surface area contributed by atoms with E-state index in [1.165, 1.54) is 22.3 Å². The van der Waals surface area contributed by atoms with Gasteiger partial charge in [0.1, 0.15) is 0 Å². The van der Waals surface area contributed by atoms with Crippen molar-refractivity contribution >= 4 is 0 Å². The molecule has 0 spiro atoms. The maximum absolute atomic E-state index is 3.65. The third-order valence-electron chi connectivity index (χ3n) is 2.39. The van der Waals surface area contributed by atoms with Crippen LogP contribution < -0.4 is 0 Å². The molecule has 13 heavy (non-hydrogen) atoms. The SMILES string of the molecule is C=C=C(C)Cc1c(C)cccc1C. The third kappa shape index (κ3) is 2.34. The molecule has 0 heteroatoms. The van der Waals surface area contributed by atoms with E-state index in [-0.39, 0.29) is 0 Å². The van der Waals surface area contributed by atoms with Crippen LogP contribution in [-0.2, 0) is 6.42 Å². The molecule has 1 aromatic carbocycles. The van der Waals surface area contributed by atoms with Gasteiger partial charge in [-0.05, 0) is 43.0 Å². The van der Waals surface area contributed by atoms with Crippen molar-refractivity contribution in [2.75, 3.05) is 0 Å². The Bertz CT molecular complexity index is 332. The maximum atomic E-state index is 3.65. The molecular weight excluding hydrogens is 156 g/mol. The van der Waals surface area contributed by atoms with Crippen LogP contribution in [0.2, 0.25) is 0 Å². The van der Waals surface area contributed by atoms with Gasteiger partial charge >= 0.3 is 0 Å². The number of allylic oxidation sites excluding steroid dienone is 1. The molecule has 0 unspecified atom stereocenters. The van der Waals surface area contributed by atoms with Crippen molar-refractivity contribution < 1.29 is 0 Å². The van der Waals surface area contributed by atoms with Gasteiger partial charge in [-0.1, -0.05) is 24.8 Å². The normalized spacial score (nSPS) is 9.46. The summed E-state index contributed by atoms with van der Waals surface area (Å²) < 4.78 is 0. The number of benzene rings is 1. The first kappa shape index (κ1) is 9.83. The minimum absolute atomic E-state index is 0.974. The maximum Gasteiger partial charge on any atom is 0.00114 e. The smallest absolute Gasteiger partial charge is 0.00114 e. The van der Waals surface area contributed by atoms with Gasteiger partial charge in [-0.3, -0.25) is 0 Å². The van der Waals surface area contributed by atoms with Gasteiger partial charge < -0.3 is 0 Å². The predicted molar refractivity (Wildman–Crippen MR) is 57.9 cm³/mol. The summed E-state index contributed by atoms with van der Waals surface area (Å²) in [7, 11) is 0. The highest BCUT2D eigenvalue weighted by Gasteiger charge is 2.01. The summed E-state index contributed by atoms with van der Waals surface area (Å²) in [4.78, 5) is 0. The zero-order valence-corrected chi connectivity index (χ0v) is 8.65. The lowest BCUT2D eigenvalue weighted by molar-refractivity contribution is 1.09. The lowest BCUT2D eigenvalue weighted by atomic mass is 9.97. The quantitative estimate of drug-likeness (QED) is 0.598. The molecule has 0 aromatic heterocycles. The first-order valence-corrected chi connectivity index (χ1v) is 4.55. The Morgan fingerprint density at radius 2 is 1.85 bits per heavy atom. The minimum Gasteiger partial charge on any atom is -0.130 e. The highest BCUT2D eigenvalue weighted by Crippen LogP contribution is 2.16. The van der Waals surface area contributed by atoms with Gasteiger partial charge in [-0.15, -0.1) is 5.73 Å². The summed E-state index contributed by atoms with van der Waals surface area (Å²) >= 11 is 0. The zero-order chi connectivity index (χ0) is 9.84. The molecule has 1 aromatic rings. The summed E-state index contributed by atoms with van der Waals surface area (Å²) in [6, 6.07) is 6.40. The molecular formula is C13H16. The first-order valence-electron chi connectivity index (χ1n) is 4.55. The van der Waals surface area contributed by atoms with Gasteiger partial charge in [0.2, 0.25) is 0 Å². The molecule has 0 heterocycles. The van der Waals surface area contributed by atoms with E-state index in [0.717, 1.165) is 6.42 Å². The van der Waals surface area contributed by atoms with Crippen LogP contribution in [0.4, 0.5) is 0 Å². The van der Waals surface area contributed by atoms with Gasteiger partial charge in [-0.2, -0.15) is 0 Å². The molecule has 0 atom stereocenters. The Kier molecular flexibility index (Phi) is 3.11. The molecule has 0 amide bonds. The average molecular weight is 172 g/mol. The van der Waals surface area contributed by atoms with Crippen molar-refractivity contribution in [2.24, 2.45) is 0 Å². The second-order valence-corrected chi connectivity index (χ2v) is 3.50. The molecule has 0 saturated carbocycles. The monoisotopic (exact) mass is 172 g/mol. The molecule has 0 N–H and O–H groups in total. The van der Waals surface area contributed by atoms with E-state index < -0.39 is 0 Å². The van der Waals surface area contributed by atoms with E-state index in [0.29, 0.717) is 0 Å². The van der Waals surface area contributed by atoms with Crippen LogP contribution in [0.3, 0.4) is 0 Å². The van der Waals surface area contributed by atoms with Crippen molar-refractivity contribution in [1.82, 2.24) is 0 Å². The van der Waals surface area contributed by atoms with E-state index in [2.05, 4.69) is 51.3 Å². The summed E-state index contributed by atoms with van der Waals surface area (Å²) in [5.74, 6) is 0. The molecule has 0 radical (unpaired) electrons. The second-order valence-electron chi connectivity index (χ2n) is 3.50. The van der Waals surface area contributed by atoms with Crippen molar-refractivity contribution in [1.29, 1.82) is 0 Å².